The van der Waals surface area contributed by atoms with E-state index in [-0.39, 0.29) is 6.61 Å². The topological polar surface area (TPSA) is 55.5 Å². The Morgan fingerprint density at radius 1 is 1.60 bits per heavy atom. The van der Waals surface area contributed by atoms with Gasteiger partial charge in [-0.1, -0.05) is 0 Å². The highest BCUT2D eigenvalue weighted by molar-refractivity contribution is 4.76. The molecule has 0 heterocycles. The van der Waals surface area contributed by atoms with Gasteiger partial charge in [-0.2, -0.15) is 0 Å². The molecule has 0 aliphatic rings. The van der Waals surface area contributed by atoms with Gasteiger partial charge < -0.3 is 15.6 Å². The maximum atomic E-state index is 8.73. The first-order valence-electron chi connectivity index (χ1n) is 3.51. The lowest BCUT2D eigenvalue weighted by molar-refractivity contribution is 0.160. The van der Waals surface area contributed by atoms with E-state index in [1.54, 1.807) is 7.11 Å². The highest BCUT2D eigenvalue weighted by Crippen LogP contribution is 2.06. The summed E-state index contributed by atoms with van der Waals surface area (Å²) in [5.41, 5.74) is 5.22. The smallest absolute Gasteiger partial charge is 0.0608 e. The second-order valence-electron chi connectivity index (χ2n) is 2.91. The molecule has 0 spiro atoms. The van der Waals surface area contributed by atoms with Gasteiger partial charge in [0.2, 0.25) is 0 Å². The number of rotatable bonds is 5. The zero-order valence-electron chi connectivity index (χ0n) is 6.76. The van der Waals surface area contributed by atoms with Crippen molar-refractivity contribution in [2.24, 2.45) is 5.73 Å². The van der Waals surface area contributed by atoms with E-state index in [1.807, 2.05) is 6.92 Å². The van der Waals surface area contributed by atoms with E-state index in [4.69, 9.17) is 15.6 Å². The molecule has 3 N–H and O–H groups in total. The molecule has 3 heteroatoms. The Morgan fingerprint density at radius 2 is 2.20 bits per heavy atom. The van der Waals surface area contributed by atoms with Crippen molar-refractivity contribution in [1.82, 2.24) is 0 Å². The van der Waals surface area contributed by atoms with Crippen LogP contribution in [-0.2, 0) is 4.74 Å². The van der Waals surface area contributed by atoms with Crippen molar-refractivity contribution in [1.29, 1.82) is 0 Å². The highest BCUT2D eigenvalue weighted by Gasteiger charge is 2.15. The molecule has 0 aliphatic heterocycles. The van der Waals surface area contributed by atoms with Crippen LogP contribution in [-0.4, -0.2) is 31.0 Å². The van der Waals surface area contributed by atoms with E-state index in [2.05, 4.69) is 0 Å². The Balaban J connectivity index is 3.28. The van der Waals surface area contributed by atoms with Gasteiger partial charge in [-0.15, -0.1) is 0 Å². The maximum Gasteiger partial charge on any atom is 0.0608 e. The molecule has 3 nitrogen and oxygen atoms in total. The van der Waals surface area contributed by atoms with Gasteiger partial charge in [0.15, 0.2) is 0 Å². The summed E-state index contributed by atoms with van der Waals surface area (Å²) in [5.74, 6) is 0. The molecule has 1 unspecified atom stereocenters. The van der Waals surface area contributed by atoms with Crippen molar-refractivity contribution >= 4 is 0 Å². The zero-order chi connectivity index (χ0) is 8.04. The van der Waals surface area contributed by atoms with Gasteiger partial charge in [0, 0.05) is 19.3 Å². The average Bonchev–Trinajstić information content (AvgIpc) is 1.89. The first-order chi connectivity index (χ1) is 4.62. The summed E-state index contributed by atoms with van der Waals surface area (Å²) in [7, 11) is 1.66. The third-order valence-electron chi connectivity index (χ3n) is 1.46. The number of aliphatic hydroxyl groups excluding tert-OH is 1. The molecule has 0 aliphatic carbocycles. The number of nitrogens with two attached hydrogens (primary N) is 1. The lowest BCUT2D eigenvalue weighted by Gasteiger charge is -2.20. The minimum Gasteiger partial charge on any atom is -0.394 e. The zero-order valence-corrected chi connectivity index (χ0v) is 6.76. The van der Waals surface area contributed by atoms with Crippen LogP contribution in [0.25, 0.3) is 0 Å². The van der Waals surface area contributed by atoms with Gasteiger partial charge in [0.05, 0.1) is 6.61 Å². The SMILES string of the molecule is COCCCC(C)(N)CO. The Bertz CT molecular complexity index is 83.7. The van der Waals surface area contributed by atoms with Crippen molar-refractivity contribution < 1.29 is 9.84 Å². The number of hydrogen-bond acceptors (Lipinski definition) is 3. The van der Waals surface area contributed by atoms with E-state index in [0.717, 1.165) is 12.8 Å². The summed E-state index contributed by atoms with van der Waals surface area (Å²) in [6.07, 6.45) is 1.71. The molecule has 0 amide bonds. The summed E-state index contributed by atoms with van der Waals surface area (Å²) < 4.78 is 4.84. The van der Waals surface area contributed by atoms with Gasteiger partial charge in [-0.05, 0) is 19.8 Å². The van der Waals surface area contributed by atoms with Crippen LogP contribution in [0.3, 0.4) is 0 Å². The number of aliphatic hydroxyl groups is 1. The lowest BCUT2D eigenvalue weighted by atomic mass is 9.99. The lowest BCUT2D eigenvalue weighted by Crippen LogP contribution is -2.40. The second-order valence-corrected chi connectivity index (χ2v) is 2.91. The van der Waals surface area contributed by atoms with Crippen molar-refractivity contribution in [2.75, 3.05) is 20.3 Å². The molecule has 1 atom stereocenters. The van der Waals surface area contributed by atoms with Crippen LogP contribution in [0.5, 0.6) is 0 Å². The molecule has 10 heavy (non-hydrogen) atoms. The molecule has 0 fully saturated rings. The van der Waals surface area contributed by atoms with Gasteiger partial charge in [-0.3, -0.25) is 0 Å². The molecule has 0 aromatic heterocycles. The van der Waals surface area contributed by atoms with E-state index < -0.39 is 5.54 Å². The summed E-state index contributed by atoms with van der Waals surface area (Å²) >= 11 is 0. The Labute approximate surface area is 62.2 Å². The highest BCUT2D eigenvalue weighted by atomic mass is 16.5. The molecule has 62 valence electrons. The predicted octanol–water partition coefficient (Wildman–Crippen LogP) is 0.123. The molecule has 0 aromatic carbocycles. The number of ether oxygens (including phenoxy) is 1. The first kappa shape index (κ1) is 9.88. The minimum absolute atomic E-state index is 0.0384. The summed E-state index contributed by atoms with van der Waals surface area (Å²) in [6.45, 7) is 2.59. The van der Waals surface area contributed by atoms with Gasteiger partial charge in [0.1, 0.15) is 0 Å². The largest absolute Gasteiger partial charge is 0.394 e. The van der Waals surface area contributed by atoms with Crippen molar-refractivity contribution in [3.8, 4) is 0 Å². The average molecular weight is 147 g/mol. The van der Waals surface area contributed by atoms with Crippen LogP contribution in [0.15, 0.2) is 0 Å². The first-order valence-corrected chi connectivity index (χ1v) is 3.51. The summed E-state index contributed by atoms with van der Waals surface area (Å²) in [6, 6.07) is 0. The fourth-order valence-electron chi connectivity index (χ4n) is 0.699. The van der Waals surface area contributed by atoms with Crippen LogP contribution in [0, 0.1) is 0 Å². The monoisotopic (exact) mass is 147 g/mol. The molecule has 0 bridgehead atoms. The van der Waals surface area contributed by atoms with E-state index in [9.17, 15) is 0 Å². The van der Waals surface area contributed by atoms with E-state index in [0.29, 0.717) is 6.61 Å². The predicted molar refractivity (Wildman–Crippen MR) is 40.8 cm³/mol. The van der Waals surface area contributed by atoms with Crippen LogP contribution in [0.2, 0.25) is 0 Å². The molecule has 0 rings (SSSR count). The fraction of sp³-hybridized carbons (Fsp3) is 1.00. The van der Waals surface area contributed by atoms with Crippen molar-refractivity contribution in [3.63, 3.8) is 0 Å². The standard InChI is InChI=1S/C7H17NO2/c1-7(8,6-9)4-3-5-10-2/h9H,3-6,8H2,1-2H3. The maximum absolute atomic E-state index is 8.73. The normalized spacial score (nSPS) is 16.8. The van der Waals surface area contributed by atoms with Gasteiger partial charge >= 0.3 is 0 Å². The van der Waals surface area contributed by atoms with Gasteiger partial charge in [-0.25, -0.2) is 0 Å². The van der Waals surface area contributed by atoms with Crippen LogP contribution in [0.4, 0.5) is 0 Å². The third-order valence-corrected chi connectivity index (χ3v) is 1.46. The van der Waals surface area contributed by atoms with Crippen LogP contribution in [0.1, 0.15) is 19.8 Å². The summed E-state index contributed by atoms with van der Waals surface area (Å²) in [4.78, 5) is 0. The summed E-state index contributed by atoms with van der Waals surface area (Å²) in [5, 5.41) is 8.73. The fourth-order valence-corrected chi connectivity index (χ4v) is 0.699. The minimum atomic E-state index is -0.432. The van der Waals surface area contributed by atoms with Crippen LogP contribution < -0.4 is 5.73 Å². The molecule has 0 aromatic rings. The quantitative estimate of drug-likeness (QED) is 0.543. The van der Waals surface area contributed by atoms with Crippen molar-refractivity contribution in [3.05, 3.63) is 0 Å². The Morgan fingerprint density at radius 3 is 2.60 bits per heavy atom. The molecule has 0 saturated heterocycles. The van der Waals surface area contributed by atoms with Gasteiger partial charge in [0.25, 0.3) is 0 Å². The third kappa shape index (κ3) is 4.73. The van der Waals surface area contributed by atoms with Crippen LogP contribution >= 0.6 is 0 Å². The molecule has 0 saturated carbocycles. The van der Waals surface area contributed by atoms with E-state index >= 15 is 0 Å². The Hall–Kier alpha value is -0.120. The molecular weight excluding hydrogens is 130 g/mol. The van der Waals surface area contributed by atoms with E-state index in [1.165, 1.54) is 0 Å². The molecular formula is C7H17NO2. The second kappa shape index (κ2) is 4.66. The Kier molecular flexibility index (Phi) is 4.60. The molecule has 0 radical (unpaired) electrons. The van der Waals surface area contributed by atoms with Crippen molar-refractivity contribution in [2.45, 2.75) is 25.3 Å². The number of hydrogen-bond donors (Lipinski definition) is 2. The number of methoxy groups -OCH3 is 1.